The fourth-order valence-electron chi connectivity index (χ4n) is 1.07. The van der Waals surface area contributed by atoms with E-state index in [2.05, 4.69) is 9.79 Å². The maximum absolute atomic E-state index is 8.28. The third-order valence-corrected chi connectivity index (χ3v) is 1.67. The van der Waals surface area contributed by atoms with Crippen LogP contribution in [0.5, 0.6) is 0 Å². The molecule has 0 radical (unpaired) electrons. The van der Waals surface area contributed by atoms with Crippen molar-refractivity contribution in [2.75, 3.05) is 26.7 Å². The first-order chi connectivity index (χ1) is 5.22. The van der Waals surface area contributed by atoms with Gasteiger partial charge in [-0.2, -0.15) is 0 Å². The van der Waals surface area contributed by atoms with E-state index in [1.807, 2.05) is 14.0 Å². The normalized spacial score (nSPS) is 25.6. The molecule has 11 heavy (non-hydrogen) atoms. The van der Waals surface area contributed by atoms with Crippen LogP contribution in [0, 0.1) is 0 Å². The molecule has 1 N–H and O–H groups in total. The summed E-state index contributed by atoms with van der Waals surface area (Å²) in [7, 11) is 1.98. The van der Waals surface area contributed by atoms with Gasteiger partial charge in [0.1, 0.15) is 6.10 Å². The van der Waals surface area contributed by atoms with E-state index in [1.54, 1.807) is 0 Å². The van der Waals surface area contributed by atoms with E-state index in [0.29, 0.717) is 6.10 Å². The van der Waals surface area contributed by atoms with Crippen LogP contribution < -0.4 is 0 Å². The van der Waals surface area contributed by atoms with Crippen LogP contribution in [0.1, 0.15) is 6.92 Å². The molecule has 66 valence electrons. The van der Waals surface area contributed by atoms with Crippen LogP contribution in [-0.4, -0.2) is 49.1 Å². The molecule has 0 bridgehead atoms. The van der Waals surface area contributed by atoms with Crippen LogP contribution in [-0.2, 0) is 9.62 Å². The highest BCUT2D eigenvalue weighted by molar-refractivity contribution is 4.73. The lowest BCUT2D eigenvalue weighted by Gasteiger charge is -2.17. The van der Waals surface area contributed by atoms with Crippen LogP contribution in [0.15, 0.2) is 0 Å². The van der Waals surface area contributed by atoms with Crippen molar-refractivity contribution in [3.8, 4) is 0 Å². The molecule has 0 aliphatic carbocycles. The van der Waals surface area contributed by atoms with Crippen LogP contribution in [0.2, 0.25) is 0 Å². The Kier molecular flexibility index (Phi) is 3.26. The summed E-state index contributed by atoms with van der Waals surface area (Å²) in [6, 6.07) is 0. The zero-order valence-electron chi connectivity index (χ0n) is 6.99. The number of hydrogen-bond acceptors (Lipinski definition) is 4. The summed E-state index contributed by atoms with van der Waals surface area (Å²) in [5.74, 6) is 0. The van der Waals surface area contributed by atoms with Crippen molar-refractivity contribution in [2.45, 2.75) is 19.1 Å². The molecule has 0 aromatic rings. The van der Waals surface area contributed by atoms with E-state index in [4.69, 9.17) is 9.99 Å². The lowest BCUT2D eigenvalue weighted by Crippen LogP contribution is -2.31. The highest BCUT2D eigenvalue weighted by atomic mass is 17.1. The Labute approximate surface area is 66.6 Å². The molecule has 1 unspecified atom stereocenters. The predicted molar refractivity (Wildman–Crippen MR) is 40.4 cm³/mol. The number of nitrogens with zero attached hydrogens (tertiary/aromatic N) is 1. The Bertz CT molecular complexity index is 116. The van der Waals surface area contributed by atoms with E-state index in [0.717, 1.165) is 19.7 Å². The zero-order valence-corrected chi connectivity index (χ0v) is 6.99. The average molecular weight is 161 g/mol. The molecule has 0 spiro atoms. The molecule has 1 heterocycles. The Balaban J connectivity index is 2.03. The van der Waals surface area contributed by atoms with Crippen LogP contribution in [0.25, 0.3) is 0 Å². The highest BCUT2D eigenvalue weighted by Gasteiger charge is 2.24. The fourth-order valence-corrected chi connectivity index (χ4v) is 1.07. The van der Waals surface area contributed by atoms with Crippen LogP contribution in [0.4, 0.5) is 0 Å². The Morgan fingerprint density at radius 1 is 1.82 bits per heavy atom. The van der Waals surface area contributed by atoms with Crippen LogP contribution >= 0.6 is 0 Å². The molecule has 1 aliphatic heterocycles. The van der Waals surface area contributed by atoms with Gasteiger partial charge in [0, 0.05) is 13.1 Å². The van der Waals surface area contributed by atoms with Crippen molar-refractivity contribution in [1.29, 1.82) is 0 Å². The summed E-state index contributed by atoms with van der Waals surface area (Å²) in [6.45, 7) is 4.35. The third kappa shape index (κ3) is 3.67. The molecule has 1 fully saturated rings. The van der Waals surface area contributed by atoms with E-state index >= 15 is 0 Å². The largest absolute Gasteiger partial charge is 0.372 e. The Hall–Kier alpha value is -0.160. The molecule has 1 saturated heterocycles. The van der Waals surface area contributed by atoms with Gasteiger partial charge in [-0.15, -0.1) is 0 Å². The second-order valence-electron chi connectivity index (χ2n) is 3.09. The summed E-state index contributed by atoms with van der Waals surface area (Å²) in [5.41, 5.74) is 0. The topological polar surface area (TPSA) is 45.2 Å². The first kappa shape index (κ1) is 8.93. The van der Waals surface area contributed by atoms with Crippen molar-refractivity contribution in [3.05, 3.63) is 0 Å². The number of rotatable bonds is 5. The minimum atomic E-state index is -0.126. The van der Waals surface area contributed by atoms with Crippen molar-refractivity contribution in [1.82, 2.24) is 4.90 Å². The summed E-state index contributed by atoms with van der Waals surface area (Å²) in [5, 5.41) is 8.28. The van der Waals surface area contributed by atoms with Crippen molar-refractivity contribution in [3.63, 3.8) is 0 Å². The average Bonchev–Trinajstić information content (AvgIpc) is 2.71. The molecule has 1 rings (SSSR count). The maximum Gasteiger partial charge on any atom is 0.103 e. The summed E-state index contributed by atoms with van der Waals surface area (Å²) in [4.78, 5) is 6.22. The predicted octanol–water partition coefficient (Wildman–Crippen LogP) is 0.195. The quantitative estimate of drug-likeness (QED) is 0.355. The molecule has 4 heteroatoms. The molecule has 0 saturated carbocycles. The van der Waals surface area contributed by atoms with Gasteiger partial charge >= 0.3 is 0 Å². The van der Waals surface area contributed by atoms with E-state index in [-0.39, 0.29) is 6.10 Å². The lowest BCUT2D eigenvalue weighted by molar-refractivity contribution is -0.275. The molecule has 2 atom stereocenters. The van der Waals surface area contributed by atoms with Gasteiger partial charge in [-0.25, -0.2) is 4.89 Å². The number of likely N-dealkylation sites (N-methyl/N-ethyl adjacent to an activating group) is 1. The minimum Gasteiger partial charge on any atom is -0.372 e. The molecule has 0 aromatic carbocycles. The molecular formula is C7H15NO3. The smallest absolute Gasteiger partial charge is 0.103 e. The molecule has 0 aromatic heterocycles. The van der Waals surface area contributed by atoms with Gasteiger partial charge in [-0.3, -0.25) is 5.26 Å². The van der Waals surface area contributed by atoms with Crippen molar-refractivity contribution < 1.29 is 14.9 Å². The van der Waals surface area contributed by atoms with Gasteiger partial charge in [-0.05, 0) is 14.0 Å². The first-order valence-corrected chi connectivity index (χ1v) is 3.82. The van der Waals surface area contributed by atoms with Crippen molar-refractivity contribution in [2.24, 2.45) is 0 Å². The molecular weight excluding hydrogens is 146 g/mol. The monoisotopic (exact) mass is 161 g/mol. The lowest BCUT2D eigenvalue weighted by atomic mass is 10.3. The van der Waals surface area contributed by atoms with E-state index in [1.165, 1.54) is 0 Å². The van der Waals surface area contributed by atoms with E-state index in [9.17, 15) is 0 Å². The van der Waals surface area contributed by atoms with Crippen LogP contribution in [0.3, 0.4) is 0 Å². The van der Waals surface area contributed by atoms with Gasteiger partial charge in [-0.1, -0.05) is 0 Å². The summed E-state index contributed by atoms with van der Waals surface area (Å²) >= 11 is 0. The Morgan fingerprint density at radius 3 is 2.91 bits per heavy atom. The number of epoxide rings is 1. The molecule has 0 amide bonds. The van der Waals surface area contributed by atoms with Gasteiger partial charge < -0.3 is 9.64 Å². The van der Waals surface area contributed by atoms with Gasteiger partial charge in [0.25, 0.3) is 0 Å². The summed E-state index contributed by atoms with van der Waals surface area (Å²) < 4.78 is 5.05. The number of ether oxygens (including phenoxy) is 1. The van der Waals surface area contributed by atoms with Gasteiger partial charge in [0.2, 0.25) is 0 Å². The minimum absolute atomic E-state index is 0.126. The number of hydrogen-bond donors (Lipinski definition) is 1. The first-order valence-electron chi connectivity index (χ1n) is 3.82. The van der Waals surface area contributed by atoms with E-state index < -0.39 is 0 Å². The molecule has 4 nitrogen and oxygen atoms in total. The second kappa shape index (κ2) is 4.01. The van der Waals surface area contributed by atoms with Gasteiger partial charge in [0.15, 0.2) is 0 Å². The Morgan fingerprint density at radius 2 is 2.45 bits per heavy atom. The molecule has 1 aliphatic rings. The third-order valence-electron chi connectivity index (χ3n) is 1.67. The SMILES string of the molecule is CC(CN(C)C[C@H]1CO1)OO. The summed E-state index contributed by atoms with van der Waals surface area (Å²) in [6.07, 6.45) is 0.282. The van der Waals surface area contributed by atoms with Crippen molar-refractivity contribution >= 4 is 0 Å². The second-order valence-corrected chi connectivity index (χ2v) is 3.09. The zero-order chi connectivity index (χ0) is 8.27. The standard InChI is InChI=1S/C7H15NO3/c1-6(11-9)3-8(2)4-7-5-10-7/h6-7,9H,3-5H2,1-2H3/t6?,7-/m0/s1. The fraction of sp³-hybridized carbons (Fsp3) is 1.00. The highest BCUT2D eigenvalue weighted by Crippen LogP contribution is 2.09. The maximum atomic E-state index is 8.28. The van der Waals surface area contributed by atoms with Gasteiger partial charge in [0.05, 0.1) is 12.7 Å².